The molecule has 0 bridgehead atoms. The number of aryl methyl sites for hydroxylation is 1. The number of hydrogen-bond donors (Lipinski definition) is 1. The minimum absolute atomic E-state index is 0.0806. The third-order valence-electron chi connectivity index (χ3n) is 2.63. The summed E-state index contributed by atoms with van der Waals surface area (Å²) in [4.78, 5) is 0. The zero-order valence-electron chi connectivity index (χ0n) is 10.8. The number of nitriles is 1. The summed E-state index contributed by atoms with van der Waals surface area (Å²) in [5.41, 5.74) is 2.19. The Morgan fingerprint density at radius 1 is 1.26 bits per heavy atom. The van der Waals surface area contributed by atoms with Gasteiger partial charge in [-0.15, -0.1) is 0 Å². The fourth-order valence-corrected chi connectivity index (χ4v) is 1.71. The van der Waals surface area contributed by atoms with Crippen LogP contribution in [0.2, 0.25) is 0 Å². The van der Waals surface area contributed by atoms with E-state index >= 15 is 0 Å². The van der Waals surface area contributed by atoms with Crippen molar-refractivity contribution in [3.8, 4) is 11.8 Å². The summed E-state index contributed by atoms with van der Waals surface area (Å²) >= 11 is 0. The highest BCUT2D eigenvalue weighted by atomic mass is 16.5. The van der Waals surface area contributed by atoms with Crippen LogP contribution in [0.15, 0.2) is 36.5 Å². The van der Waals surface area contributed by atoms with Gasteiger partial charge >= 0.3 is 0 Å². The van der Waals surface area contributed by atoms with Gasteiger partial charge in [0.15, 0.2) is 6.61 Å². The molecular formula is C14H16N4O. The molecular weight excluding hydrogens is 240 g/mol. The smallest absolute Gasteiger partial charge is 0.174 e. The van der Waals surface area contributed by atoms with Crippen LogP contribution in [-0.4, -0.2) is 16.4 Å². The van der Waals surface area contributed by atoms with E-state index in [0.29, 0.717) is 0 Å². The number of benzene rings is 1. The van der Waals surface area contributed by atoms with Crippen LogP contribution < -0.4 is 10.1 Å². The Labute approximate surface area is 112 Å². The van der Waals surface area contributed by atoms with Gasteiger partial charge in [0.1, 0.15) is 11.8 Å². The van der Waals surface area contributed by atoms with Crippen molar-refractivity contribution in [3.63, 3.8) is 0 Å². The van der Waals surface area contributed by atoms with Gasteiger partial charge in [-0.1, -0.05) is 12.1 Å². The van der Waals surface area contributed by atoms with Crippen LogP contribution in [-0.2, 0) is 20.1 Å². The van der Waals surface area contributed by atoms with Gasteiger partial charge in [0.05, 0.1) is 5.69 Å². The van der Waals surface area contributed by atoms with Gasteiger partial charge in [0, 0.05) is 26.3 Å². The van der Waals surface area contributed by atoms with Crippen LogP contribution in [0.5, 0.6) is 5.75 Å². The van der Waals surface area contributed by atoms with Crippen molar-refractivity contribution in [2.24, 2.45) is 7.05 Å². The van der Waals surface area contributed by atoms with Gasteiger partial charge in [-0.3, -0.25) is 4.68 Å². The van der Waals surface area contributed by atoms with Crippen LogP contribution in [0.1, 0.15) is 11.3 Å². The molecule has 5 nitrogen and oxygen atoms in total. The first-order chi connectivity index (χ1) is 9.28. The van der Waals surface area contributed by atoms with Gasteiger partial charge in [0.25, 0.3) is 0 Å². The Hall–Kier alpha value is -2.32. The molecule has 0 saturated carbocycles. The predicted octanol–water partition coefficient (Wildman–Crippen LogP) is 1.61. The Bertz CT molecular complexity index is 554. The maximum Gasteiger partial charge on any atom is 0.174 e. The van der Waals surface area contributed by atoms with E-state index in [9.17, 15) is 0 Å². The minimum Gasteiger partial charge on any atom is -0.479 e. The molecule has 98 valence electrons. The Balaban J connectivity index is 1.78. The highest BCUT2D eigenvalue weighted by Gasteiger charge is 1.98. The monoisotopic (exact) mass is 256 g/mol. The molecule has 0 unspecified atom stereocenters. The molecule has 1 aromatic carbocycles. The fraction of sp³-hybridized carbons (Fsp3) is 0.286. The molecule has 1 aromatic heterocycles. The number of nitrogens with one attached hydrogen (secondary N) is 1. The quantitative estimate of drug-likeness (QED) is 0.853. The van der Waals surface area contributed by atoms with Gasteiger partial charge in [-0.05, 0) is 23.8 Å². The Morgan fingerprint density at radius 3 is 2.68 bits per heavy atom. The van der Waals surface area contributed by atoms with Gasteiger partial charge in [0.2, 0.25) is 0 Å². The first-order valence-corrected chi connectivity index (χ1v) is 6.06. The third kappa shape index (κ3) is 4.12. The van der Waals surface area contributed by atoms with Gasteiger partial charge in [-0.2, -0.15) is 10.4 Å². The van der Waals surface area contributed by atoms with Gasteiger partial charge < -0.3 is 10.1 Å². The Morgan fingerprint density at radius 2 is 2.05 bits per heavy atom. The number of ether oxygens (including phenoxy) is 1. The average molecular weight is 256 g/mol. The molecule has 1 N–H and O–H groups in total. The lowest BCUT2D eigenvalue weighted by molar-refractivity contribution is 0.368. The number of rotatable bonds is 6. The van der Waals surface area contributed by atoms with E-state index in [2.05, 4.69) is 10.4 Å². The molecule has 1 heterocycles. The van der Waals surface area contributed by atoms with E-state index in [-0.39, 0.29) is 6.61 Å². The van der Waals surface area contributed by atoms with Crippen LogP contribution in [0.4, 0.5) is 0 Å². The predicted molar refractivity (Wildman–Crippen MR) is 71.3 cm³/mol. The van der Waals surface area contributed by atoms with Crippen molar-refractivity contribution in [3.05, 3.63) is 47.8 Å². The summed E-state index contributed by atoms with van der Waals surface area (Å²) in [6.07, 6.45) is 1.93. The van der Waals surface area contributed by atoms with Crippen LogP contribution in [0, 0.1) is 11.3 Å². The molecule has 2 aromatic rings. The lowest BCUT2D eigenvalue weighted by Gasteiger charge is -2.05. The molecule has 0 aliphatic heterocycles. The lowest BCUT2D eigenvalue weighted by Crippen LogP contribution is -2.13. The van der Waals surface area contributed by atoms with Crippen molar-refractivity contribution in [1.82, 2.24) is 15.1 Å². The molecule has 0 fully saturated rings. The summed E-state index contributed by atoms with van der Waals surface area (Å²) in [6, 6.07) is 11.6. The maximum absolute atomic E-state index is 8.42. The largest absolute Gasteiger partial charge is 0.479 e. The van der Waals surface area contributed by atoms with E-state index in [0.717, 1.165) is 24.5 Å². The second kappa shape index (κ2) is 6.57. The number of hydrogen-bond acceptors (Lipinski definition) is 4. The molecule has 0 atom stereocenters. The number of nitrogens with zero attached hydrogens (tertiary/aromatic N) is 3. The summed E-state index contributed by atoms with van der Waals surface area (Å²) in [6.45, 7) is 1.60. The number of aromatic nitrogens is 2. The first-order valence-electron chi connectivity index (χ1n) is 6.06. The summed E-state index contributed by atoms with van der Waals surface area (Å²) in [5.74, 6) is 0.718. The lowest BCUT2D eigenvalue weighted by atomic mass is 10.2. The molecule has 0 aliphatic carbocycles. The highest BCUT2D eigenvalue weighted by Crippen LogP contribution is 2.11. The van der Waals surface area contributed by atoms with Crippen LogP contribution in [0.3, 0.4) is 0 Å². The van der Waals surface area contributed by atoms with Crippen LogP contribution in [0.25, 0.3) is 0 Å². The zero-order valence-corrected chi connectivity index (χ0v) is 10.8. The van der Waals surface area contributed by atoms with Crippen molar-refractivity contribution in [2.45, 2.75) is 13.1 Å². The fourth-order valence-electron chi connectivity index (χ4n) is 1.71. The summed E-state index contributed by atoms with van der Waals surface area (Å²) < 4.78 is 6.98. The third-order valence-corrected chi connectivity index (χ3v) is 2.63. The summed E-state index contributed by atoms with van der Waals surface area (Å²) in [5, 5.41) is 16.0. The van der Waals surface area contributed by atoms with E-state index in [1.807, 2.05) is 49.6 Å². The van der Waals surface area contributed by atoms with Crippen molar-refractivity contribution in [1.29, 1.82) is 5.26 Å². The van der Waals surface area contributed by atoms with E-state index in [1.165, 1.54) is 5.56 Å². The molecule has 0 spiro atoms. The van der Waals surface area contributed by atoms with E-state index < -0.39 is 0 Å². The topological polar surface area (TPSA) is 62.9 Å². The molecule has 19 heavy (non-hydrogen) atoms. The molecule has 0 radical (unpaired) electrons. The first kappa shape index (κ1) is 13.1. The maximum atomic E-state index is 8.42. The highest BCUT2D eigenvalue weighted by molar-refractivity contribution is 5.27. The van der Waals surface area contributed by atoms with Crippen molar-refractivity contribution < 1.29 is 4.74 Å². The standard InChI is InChI=1S/C14H16N4O/c1-18-8-6-13(17-18)11-16-10-12-2-4-14(5-3-12)19-9-7-15/h2-6,8,16H,9-11H2,1H3. The molecule has 2 rings (SSSR count). The molecule has 0 saturated heterocycles. The Kier molecular flexibility index (Phi) is 4.54. The molecule has 0 aliphatic rings. The zero-order chi connectivity index (χ0) is 13.5. The second-order valence-corrected chi connectivity index (χ2v) is 4.18. The SMILES string of the molecule is Cn1ccc(CNCc2ccc(OCC#N)cc2)n1. The minimum atomic E-state index is 0.0806. The molecule has 0 amide bonds. The van der Waals surface area contributed by atoms with E-state index in [4.69, 9.17) is 10.00 Å². The molecule has 5 heteroatoms. The summed E-state index contributed by atoms with van der Waals surface area (Å²) in [7, 11) is 1.91. The van der Waals surface area contributed by atoms with E-state index in [1.54, 1.807) is 4.68 Å². The normalized spacial score (nSPS) is 10.1. The van der Waals surface area contributed by atoms with Crippen molar-refractivity contribution >= 4 is 0 Å². The average Bonchev–Trinajstić information content (AvgIpc) is 2.84. The van der Waals surface area contributed by atoms with Crippen molar-refractivity contribution in [2.75, 3.05) is 6.61 Å². The van der Waals surface area contributed by atoms with Gasteiger partial charge in [-0.25, -0.2) is 0 Å². The second-order valence-electron chi connectivity index (χ2n) is 4.18. The van der Waals surface area contributed by atoms with Crippen LogP contribution >= 0.6 is 0 Å².